The first-order valence-electron chi connectivity index (χ1n) is 7.95. The van der Waals surface area contributed by atoms with Crippen LogP contribution in [0.4, 0.5) is 0 Å². The molecular weight excluding hydrogens is 282 g/mol. The van der Waals surface area contributed by atoms with Crippen LogP contribution in [-0.2, 0) is 24.1 Å². The molecule has 4 rings (SSSR count). The molecule has 0 spiro atoms. The molecule has 1 aromatic carbocycles. The van der Waals surface area contributed by atoms with Crippen LogP contribution in [0.3, 0.4) is 0 Å². The van der Waals surface area contributed by atoms with Crippen molar-refractivity contribution in [3.63, 3.8) is 0 Å². The third-order valence-corrected chi connectivity index (χ3v) is 4.85. The lowest BCUT2D eigenvalue weighted by molar-refractivity contribution is -0.921. The van der Waals surface area contributed by atoms with Gasteiger partial charge in [0.25, 0.3) is 0 Å². The minimum Gasteiger partial charge on any atom is -0.507 e. The number of hydrogen-bond acceptors (Lipinski definition) is 4. The van der Waals surface area contributed by atoms with Crippen molar-refractivity contribution in [3.8, 4) is 5.75 Å². The zero-order chi connectivity index (χ0) is 15.1. The first-order valence-corrected chi connectivity index (χ1v) is 7.95. The van der Waals surface area contributed by atoms with E-state index in [1.165, 1.54) is 4.90 Å². The second-order valence-electron chi connectivity index (χ2n) is 6.18. The Balaban J connectivity index is 1.84. The molecule has 5 nitrogen and oxygen atoms in total. The maximum Gasteiger partial charge on any atom is 0.339 e. The molecule has 2 N–H and O–H groups in total. The Hall–Kier alpha value is -1.85. The van der Waals surface area contributed by atoms with E-state index in [9.17, 15) is 9.90 Å². The van der Waals surface area contributed by atoms with Gasteiger partial charge in [-0.1, -0.05) is 0 Å². The quantitative estimate of drug-likeness (QED) is 0.788. The number of quaternary nitrogens is 1. The first-order chi connectivity index (χ1) is 10.7. The average Bonchev–Trinajstić information content (AvgIpc) is 3.02. The van der Waals surface area contributed by atoms with Crippen molar-refractivity contribution in [2.45, 2.75) is 25.8 Å². The van der Waals surface area contributed by atoms with Gasteiger partial charge in [-0.3, -0.25) is 0 Å². The summed E-state index contributed by atoms with van der Waals surface area (Å²) in [4.78, 5) is 13.6. The monoisotopic (exact) mass is 302 g/mol. The van der Waals surface area contributed by atoms with Crippen LogP contribution in [0.5, 0.6) is 5.75 Å². The van der Waals surface area contributed by atoms with E-state index in [1.54, 1.807) is 6.07 Å². The number of morpholine rings is 1. The molecule has 0 atom stereocenters. The topological polar surface area (TPSA) is 64.1 Å². The summed E-state index contributed by atoms with van der Waals surface area (Å²) in [7, 11) is 0. The number of rotatable bonds is 2. The molecule has 22 heavy (non-hydrogen) atoms. The van der Waals surface area contributed by atoms with Crippen molar-refractivity contribution in [3.05, 3.63) is 39.2 Å². The molecular formula is C17H20NO4+. The lowest BCUT2D eigenvalue weighted by atomic mass is 10.0. The first kappa shape index (κ1) is 13.8. The summed E-state index contributed by atoms with van der Waals surface area (Å²) in [5.41, 5.74) is 3.03. The van der Waals surface area contributed by atoms with Crippen LogP contribution in [0.25, 0.3) is 11.0 Å². The second kappa shape index (κ2) is 5.41. The molecule has 5 heteroatoms. The number of phenolic OH excluding ortho intramolecular Hbond substituents is 1. The number of aromatic hydroxyl groups is 1. The van der Waals surface area contributed by atoms with Gasteiger partial charge in [0.1, 0.15) is 25.4 Å². The van der Waals surface area contributed by atoms with Gasteiger partial charge in [-0.2, -0.15) is 0 Å². The van der Waals surface area contributed by atoms with Gasteiger partial charge >= 0.3 is 5.63 Å². The van der Waals surface area contributed by atoms with Crippen LogP contribution >= 0.6 is 0 Å². The van der Waals surface area contributed by atoms with Crippen LogP contribution < -0.4 is 10.5 Å². The fourth-order valence-corrected chi connectivity index (χ4v) is 3.65. The van der Waals surface area contributed by atoms with Gasteiger partial charge in [0.15, 0.2) is 5.58 Å². The molecule has 2 aromatic rings. The highest BCUT2D eigenvalue weighted by Gasteiger charge is 2.24. The Labute approximate surface area is 128 Å². The summed E-state index contributed by atoms with van der Waals surface area (Å²) < 4.78 is 11.0. The van der Waals surface area contributed by atoms with Gasteiger partial charge in [-0.05, 0) is 37.0 Å². The predicted octanol–water partition coefficient (Wildman–Crippen LogP) is 0.402. The third kappa shape index (κ3) is 2.21. The van der Waals surface area contributed by atoms with Crippen molar-refractivity contribution in [1.29, 1.82) is 0 Å². The van der Waals surface area contributed by atoms with Gasteiger partial charge in [-0.15, -0.1) is 0 Å². The van der Waals surface area contributed by atoms with Crippen LogP contribution in [0.15, 0.2) is 21.3 Å². The SMILES string of the molecule is O=c1oc2c(C[NH+]3CCOCC3)c(O)ccc2c2c1CCC2. The van der Waals surface area contributed by atoms with Gasteiger partial charge in [0.05, 0.1) is 18.8 Å². The van der Waals surface area contributed by atoms with Crippen molar-refractivity contribution in [2.24, 2.45) is 0 Å². The summed E-state index contributed by atoms with van der Waals surface area (Å²) in [5, 5.41) is 11.3. The number of aryl methyl sites for hydroxylation is 1. The number of phenols is 1. The Kier molecular flexibility index (Phi) is 3.39. The summed E-state index contributed by atoms with van der Waals surface area (Å²) in [5.74, 6) is 0.215. The predicted molar refractivity (Wildman–Crippen MR) is 81.4 cm³/mol. The van der Waals surface area contributed by atoms with Gasteiger partial charge < -0.3 is 19.2 Å². The molecule has 116 valence electrons. The van der Waals surface area contributed by atoms with E-state index in [4.69, 9.17) is 9.15 Å². The van der Waals surface area contributed by atoms with Crippen molar-refractivity contribution < 1.29 is 19.2 Å². The molecule has 1 aromatic heterocycles. The Morgan fingerprint density at radius 2 is 1.91 bits per heavy atom. The molecule has 2 aliphatic rings. The maximum atomic E-state index is 12.2. The van der Waals surface area contributed by atoms with Crippen molar-refractivity contribution >= 4 is 11.0 Å². The molecule has 1 fully saturated rings. The minimum absolute atomic E-state index is 0.215. The van der Waals surface area contributed by atoms with Gasteiger partial charge in [-0.25, -0.2) is 4.79 Å². The number of hydrogen-bond donors (Lipinski definition) is 2. The van der Waals surface area contributed by atoms with Crippen molar-refractivity contribution in [1.82, 2.24) is 0 Å². The van der Waals surface area contributed by atoms with Crippen LogP contribution in [0.1, 0.15) is 23.1 Å². The summed E-state index contributed by atoms with van der Waals surface area (Å²) in [6.45, 7) is 3.95. The molecule has 0 bridgehead atoms. The maximum absolute atomic E-state index is 12.2. The lowest BCUT2D eigenvalue weighted by Crippen LogP contribution is -3.12. The standard InChI is InChI=1S/C17H19NO4/c19-15-5-4-12-11-2-1-3-13(11)17(20)22-16(12)14(15)10-18-6-8-21-9-7-18/h4-5,19H,1-3,6-10H2/p+1. The van der Waals surface area contributed by atoms with E-state index in [0.29, 0.717) is 12.1 Å². The summed E-state index contributed by atoms with van der Waals surface area (Å²) in [6, 6.07) is 3.62. The molecule has 0 amide bonds. The van der Waals surface area contributed by atoms with E-state index in [-0.39, 0.29) is 11.4 Å². The summed E-state index contributed by atoms with van der Waals surface area (Å²) in [6.07, 6.45) is 2.73. The zero-order valence-electron chi connectivity index (χ0n) is 12.5. The third-order valence-electron chi connectivity index (χ3n) is 4.85. The highest BCUT2D eigenvalue weighted by molar-refractivity contribution is 5.86. The fourth-order valence-electron chi connectivity index (χ4n) is 3.65. The normalized spacial score (nSPS) is 18.7. The highest BCUT2D eigenvalue weighted by atomic mass is 16.5. The molecule has 0 radical (unpaired) electrons. The smallest absolute Gasteiger partial charge is 0.339 e. The average molecular weight is 302 g/mol. The largest absolute Gasteiger partial charge is 0.507 e. The molecule has 0 saturated carbocycles. The molecule has 1 aliphatic carbocycles. The number of ether oxygens (including phenoxy) is 1. The Morgan fingerprint density at radius 3 is 2.73 bits per heavy atom. The second-order valence-corrected chi connectivity index (χ2v) is 6.18. The molecule has 2 heterocycles. The zero-order valence-corrected chi connectivity index (χ0v) is 12.5. The summed E-state index contributed by atoms with van der Waals surface area (Å²) >= 11 is 0. The number of fused-ring (bicyclic) bond motifs is 3. The van der Waals surface area contributed by atoms with E-state index >= 15 is 0 Å². The number of benzene rings is 1. The fraction of sp³-hybridized carbons (Fsp3) is 0.471. The lowest BCUT2D eigenvalue weighted by Gasteiger charge is -2.24. The van der Waals surface area contributed by atoms with Gasteiger partial charge in [0.2, 0.25) is 0 Å². The van der Waals surface area contributed by atoms with E-state index < -0.39 is 0 Å². The Bertz CT molecular complexity index is 774. The van der Waals surface area contributed by atoms with E-state index in [0.717, 1.165) is 67.6 Å². The molecule has 0 unspecified atom stereocenters. The van der Waals surface area contributed by atoms with Crippen molar-refractivity contribution in [2.75, 3.05) is 26.3 Å². The molecule has 1 saturated heterocycles. The van der Waals surface area contributed by atoms with E-state index in [1.807, 2.05) is 6.07 Å². The van der Waals surface area contributed by atoms with Crippen LogP contribution in [0.2, 0.25) is 0 Å². The van der Waals surface area contributed by atoms with Gasteiger partial charge in [0, 0.05) is 10.9 Å². The number of nitrogens with one attached hydrogen (secondary N) is 1. The van der Waals surface area contributed by atoms with Crippen LogP contribution in [-0.4, -0.2) is 31.4 Å². The van der Waals surface area contributed by atoms with Crippen LogP contribution in [0, 0.1) is 0 Å². The minimum atomic E-state index is -0.233. The highest BCUT2D eigenvalue weighted by Crippen LogP contribution is 2.32. The molecule has 1 aliphatic heterocycles. The Morgan fingerprint density at radius 1 is 1.14 bits per heavy atom. The van der Waals surface area contributed by atoms with E-state index in [2.05, 4.69) is 0 Å².